The van der Waals surface area contributed by atoms with Gasteiger partial charge in [-0.25, -0.2) is 4.98 Å². The summed E-state index contributed by atoms with van der Waals surface area (Å²) in [4.78, 5) is 29.7. The van der Waals surface area contributed by atoms with E-state index in [0.29, 0.717) is 17.8 Å². The van der Waals surface area contributed by atoms with Crippen molar-refractivity contribution < 1.29 is 4.79 Å². The standard InChI is InChI=1S/C23H21N5O2/c1-15-7-8-17(22(29)27-18-9-10-18)11-20(15)28-14-19(12-24)26-21(23(28)30)25-13-16-5-3-2-4-6-16/h2-8,11,14,18H,9-10,13H2,1H3,(H,25,26)(H,27,29). The molecule has 0 unspecified atom stereocenters. The number of nitrogens with zero attached hydrogens (tertiary/aromatic N) is 3. The third-order valence-corrected chi connectivity index (χ3v) is 4.97. The van der Waals surface area contributed by atoms with Gasteiger partial charge in [0, 0.05) is 24.3 Å². The number of carbonyl (C=O) groups excluding carboxylic acids is 1. The number of anilines is 1. The highest BCUT2D eigenvalue weighted by molar-refractivity contribution is 5.95. The van der Waals surface area contributed by atoms with Gasteiger partial charge in [0.2, 0.25) is 0 Å². The molecule has 2 N–H and O–H groups in total. The van der Waals surface area contributed by atoms with Gasteiger partial charge in [-0.1, -0.05) is 36.4 Å². The largest absolute Gasteiger partial charge is 0.361 e. The molecule has 1 aliphatic rings. The maximum atomic E-state index is 13.1. The van der Waals surface area contributed by atoms with Gasteiger partial charge < -0.3 is 10.6 Å². The van der Waals surface area contributed by atoms with Crippen molar-refractivity contribution in [2.75, 3.05) is 5.32 Å². The first-order valence-corrected chi connectivity index (χ1v) is 9.78. The van der Waals surface area contributed by atoms with E-state index in [9.17, 15) is 14.9 Å². The van der Waals surface area contributed by atoms with Crippen molar-refractivity contribution in [1.82, 2.24) is 14.9 Å². The molecule has 4 rings (SSSR count). The van der Waals surface area contributed by atoms with Crippen LogP contribution in [-0.2, 0) is 6.54 Å². The van der Waals surface area contributed by atoms with Crippen LogP contribution in [0.25, 0.3) is 5.69 Å². The first kappa shape index (κ1) is 19.4. The van der Waals surface area contributed by atoms with Crippen molar-refractivity contribution in [2.45, 2.75) is 32.4 Å². The van der Waals surface area contributed by atoms with E-state index in [1.165, 1.54) is 10.8 Å². The minimum absolute atomic E-state index is 0.0881. The lowest BCUT2D eigenvalue weighted by Crippen LogP contribution is -2.27. The Hall–Kier alpha value is -3.92. The normalized spacial score (nSPS) is 12.8. The van der Waals surface area contributed by atoms with E-state index >= 15 is 0 Å². The van der Waals surface area contributed by atoms with Gasteiger partial charge in [-0.3, -0.25) is 14.2 Å². The number of benzene rings is 2. The minimum Gasteiger partial charge on any atom is -0.361 e. The molecule has 1 aromatic heterocycles. The number of nitrogens with one attached hydrogen (secondary N) is 2. The lowest BCUT2D eigenvalue weighted by molar-refractivity contribution is 0.0951. The van der Waals surface area contributed by atoms with E-state index in [4.69, 9.17) is 0 Å². The van der Waals surface area contributed by atoms with Gasteiger partial charge in [0.05, 0.1) is 5.69 Å². The Morgan fingerprint density at radius 1 is 1.23 bits per heavy atom. The molecule has 0 bridgehead atoms. The third kappa shape index (κ3) is 4.23. The first-order chi connectivity index (χ1) is 14.5. The van der Waals surface area contributed by atoms with E-state index in [2.05, 4.69) is 15.6 Å². The van der Waals surface area contributed by atoms with Crippen LogP contribution in [0.5, 0.6) is 0 Å². The minimum atomic E-state index is -0.382. The van der Waals surface area contributed by atoms with Crippen LogP contribution < -0.4 is 16.2 Å². The van der Waals surface area contributed by atoms with Crippen LogP contribution in [0.1, 0.15) is 40.0 Å². The first-order valence-electron chi connectivity index (χ1n) is 9.78. The zero-order chi connectivity index (χ0) is 21.1. The molecule has 1 heterocycles. The molecule has 1 aliphatic carbocycles. The SMILES string of the molecule is Cc1ccc(C(=O)NC2CC2)cc1-n1cc(C#N)nc(NCc2ccccc2)c1=O. The number of rotatable bonds is 6. The monoisotopic (exact) mass is 399 g/mol. The van der Waals surface area contributed by atoms with Crippen LogP contribution >= 0.6 is 0 Å². The van der Waals surface area contributed by atoms with Crippen LogP contribution in [0.4, 0.5) is 5.82 Å². The van der Waals surface area contributed by atoms with Gasteiger partial charge >= 0.3 is 0 Å². The van der Waals surface area contributed by atoms with Crippen LogP contribution in [0.15, 0.2) is 59.5 Å². The third-order valence-electron chi connectivity index (χ3n) is 4.97. The molecule has 7 nitrogen and oxygen atoms in total. The van der Waals surface area contributed by atoms with Gasteiger partial charge in [0.1, 0.15) is 6.07 Å². The summed E-state index contributed by atoms with van der Waals surface area (Å²) in [6.07, 6.45) is 3.40. The highest BCUT2D eigenvalue weighted by atomic mass is 16.2. The number of amides is 1. The Labute approximate surface area is 174 Å². The molecule has 0 aliphatic heterocycles. The molecule has 7 heteroatoms. The van der Waals surface area contributed by atoms with E-state index in [1.54, 1.807) is 18.2 Å². The summed E-state index contributed by atoms with van der Waals surface area (Å²) in [7, 11) is 0. The maximum absolute atomic E-state index is 13.1. The van der Waals surface area contributed by atoms with Crippen molar-refractivity contribution >= 4 is 11.7 Å². The van der Waals surface area contributed by atoms with E-state index in [-0.39, 0.29) is 29.0 Å². The Bertz CT molecular complexity index is 1190. The lowest BCUT2D eigenvalue weighted by Gasteiger charge is -2.14. The fraction of sp³-hybridized carbons (Fsp3) is 0.217. The Morgan fingerprint density at radius 3 is 2.70 bits per heavy atom. The molecule has 0 spiro atoms. The quantitative estimate of drug-likeness (QED) is 0.664. The zero-order valence-electron chi connectivity index (χ0n) is 16.6. The number of aryl methyl sites for hydroxylation is 1. The van der Waals surface area contributed by atoms with Crippen LogP contribution in [0, 0.1) is 18.3 Å². The average molecular weight is 399 g/mol. The molecule has 1 fully saturated rings. The summed E-state index contributed by atoms with van der Waals surface area (Å²) in [5.41, 5.74) is 2.55. The van der Waals surface area contributed by atoms with Gasteiger partial charge in [-0.2, -0.15) is 5.26 Å². The highest BCUT2D eigenvalue weighted by Crippen LogP contribution is 2.21. The second-order valence-electron chi connectivity index (χ2n) is 7.35. The van der Waals surface area contributed by atoms with E-state index < -0.39 is 0 Å². The number of nitriles is 1. The number of hydrogen-bond acceptors (Lipinski definition) is 5. The Kier molecular flexibility index (Phi) is 5.31. The smallest absolute Gasteiger partial charge is 0.297 e. The van der Waals surface area contributed by atoms with Crippen molar-refractivity contribution in [2.24, 2.45) is 0 Å². The number of hydrogen-bond donors (Lipinski definition) is 2. The summed E-state index contributed by atoms with van der Waals surface area (Å²) in [6.45, 7) is 2.26. The van der Waals surface area contributed by atoms with Crippen molar-refractivity contribution in [3.8, 4) is 11.8 Å². The fourth-order valence-electron chi connectivity index (χ4n) is 3.13. The van der Waals surface area contributed by atoms with Gasteiger partial charge in [-0.15, -0.1) is 0 Å². The molecular weight excluding hydrogens is 378 g/mol. The van der Waals surface area contributed by atoms with Crippen LogP contribution in [-0.4, -0.2) is 21.5 Å². The molecule has 0 radical (unpaired) electrons. The van der Waals surface area contributed by atoms with Gasteiger partial charge in [-0.05, 0) is 43.0 Å². The van der Waals surface area contributed by atoms with Crippen molar-refractivity contribution in [3.05, 3.63) is 87.5 Å². The van der Waals surface area contributed by atoms with Gasteiger partial charge in [0.15, 0.2) is 11.5 Å². The summed E-state index contributed by atoms with van der Waals surface area (Å²) in [5, 5.41) is 15.4. The second-order valence-corrected chi connectivity index (χ2v) is 7.35. The summed E-state index contributed by atoms with van der Waals surface area (Å²) in [5.74, 6) is -0.0751. The summed E-state index contributed by atoms with van der Waals surface area (Å²) < 4.78 is 1.38. The number of carbonyl (C=O) groups is 1. The summed E-state index contributed by atoms with van der Waals surface area (Å²) >= 11 is 0. The molecule has 30 heavy (non-hydrogen) atoms. The predicted molar refractivity (Wildman–Crippen MR) is 114 cm³/mol. The van der Waals surface area contributed by atoms with E-state index in [1.807, 2.05) is 43.3 Å². The second kappa shape index (κ2) is 8.21. The van der Waals surface area contributed by atoms with E-state index in [0.717, 1.165) is 24.0 Å². The van der Waals surface area contributed by atoms with Crippen LogP contribution in [0.2, 0.25) is 0 Å². The van der Waals surface area contributed by atoms with Crippen molar-refractivity contribution in [1.29, 1.82) is 5.26 Å². The lowest BCUT2D eigenvalue weighted by atomic mass is 10.1. The fourth-order valence-corrected chi connectivity index (χ4v) is 3.13. The van der Waals surface area contributed by atoms with Gasteiger partial charge in [0.25, 0.3) is 11.5 Å². The predicted octanol–water partition coefficient (Wildman–Crippen LogP) is 2.92. The average Bonchev–Trinajstić information content (AvgIpc) is 3.58. The molecule has 1 saturated carbocycles. The molecule has 2 aromatic carbocycles. The Morgan fingerprint density at radius 2 is 2.00 bits per heavy atom. The molecular formula is C23H21N5O2. The maximum Gasteiger partial charge on any atom is 0.297 e. The molecule has 150 valence electrons. The Balaban J connectivity index is 1.70. The molecule has 1 amide bonds. The molecule has 0 atom stereocenters. The van der Waals surface area contributed by atoms with Crippen molar-refractivity contribution in [3.63, 3.8) is 0 Å². The van der Waals surface area contributed by atoms with Crippen LogP contribution in [0.3, 0.4) is 0 Å². The zero-order valence-corrected chi connectivity index (χ0v) is 16.6. The molecule has 0 saturated heterocycles. The number of aromatic nitrogens is 2. The highest BCUT2D eigenvalue weighted by Gasteiger charge is 2.24. The summed E-state index contributed by atoms with van der Waals surface area (Å²) in [6, 6.07) is 17.1. The topological polar surface area (TPSA) is 99.8 Å². The molecule has 3 aromatic rings.